The fraction of sp³-hybridized carbons (Fsp3) is 0.800. The average molecular weight is 415 g/mol. The standard InChI is InChI=1S/C30H54/c1-7-9-11-13-15-17-19-21-29(22-20-18-16-14-12-10-8-2)24-30-26(4)23-25(3)27(5)28(30)6/h23,29H,7-22,24H2,1-6H3. The first-order valence-electron chi connectivity index (χ1n) is 13.6. The SMILES string of the molecule is CCCCCCCCCC(CCCCCCCCC)Cc1c(C)cc(C)c(C)c1C. The fourth-order valence-electron chi connectivity index (χ4n) is 5.07. The highest BCUT2D eigenvalue weighted by Crippen LogP contribution is 2.29. The van der Waals surface area contributed by atoms with Crippen molar-refractivity contribution >= 4 is 0 Å². The molecule has 174 valence electrons. The number of hydrogen-bond acceptors (Lipinski definition) is 0. The van der Waals surface area contributed by atoms with Crippen LogP contribution in [0.4, 0.5) is 0 Å². The van der Waals surface area contributed by atoms with Gasteiger partial charge in [-0.1, -0.05) is 123 Å². The monoisotopic (exact) mass is 414 g/mol. The van der Waals surface area contributed by atoms with Gasteiger partial charge in [0.05, 0.1) is 0 Å². The molecule has 0 spiro atoms. The van der Waals surface area contributed by atoms with Gasteiger partial charge < -0.3 is 0 Å². The van der Waals surface area contributed by atoms with Gasteiger partial charge in [0.2, 0.25) is 0 Å². The van der Waals surface area contributed by atoms with Crippen LogP contribution >= 0.6 is 0 Å². The molecule has 0 bridgehead atoms. The smallest absolute Gasteiger partial charge is 0.0245 e. The number of hydrogen-bond donors (Lipinski definition) is 0. The van der Waals surface area contributed by atoms with E-state index in [2.05, 4.69) is 47.6 Å². The van der Waals surface area contributed by atoms with Crippen LogP contribution in [0.3, 0.4) is 0 Å². The molecule has 0 heterocycles. The van der Waals surface area contributed by atoms with Crippen LogP contribution in [0.1, 0.15) is 144 Å². The van der Waals surface area contributed by atoms with E-state index in [1.165, 1.54) is 126 Å². The van der Waals surface area contributed by atoms with Crippen LogP contribution in [-0.2, 0) is 6.42 Å². The number of unbranched alkanes of at least 4 members (excludes halogenated alkanes) is 12. The Balaban J connectivity index is 2.54. The molecular weight excluding hydrogens is 360 g/mol. The maximum absolute atomic E-state index is 2.43. The highest BCUT2D eigenvalue weighted by molar-refractivity contribution is 5.44. The Morgan fingerprint density at radius 2 is 0.967 bits per heavy atom. The molecule has 1 aromatic rings. The van der Waals surface area contributed by atoms with E-state index in [4.69, 9.17) is 0 Å². The Morgan fingerprint density at radius 3 is 1.43 bits per heavy atom. The van der Waals surface area contributed by atoms with Crippen LogP contribution in [0.5, 0.6) is 0 Å². The van der Waals surface area contributed by atoms with Crippen LogP contribution < -0.4 is 0 Å². The molecule has 0 aromatic heterocycles. The summed E-state index contributed by atoms with van der Waals surface area (Å²) in [6, 6.07) is 2.43. The largest absolute Gasteiger partial charge is 0.0654 e. The van der Waals surface area contributed by atoms with Gasteiger partial charge >= 0.3 is 0 Å². The summed E-state index contributed by atoms with van der Waals surface area (Å²) in [5.74, 6) is 0.885. The second-order valence-electron chi connectivity index (χ2n) is 10.1. The minimum atomic E-state index is 0.885. The molecule has 0 aliphatic heterocycles. The summed E-state index contributed by atoms with van der Waals surface area (Å²) in [7, 11) is 0. The molecule has 0 aliphatic carbocycles. The molecule has 0 saturated carbocycles. The molecule has 0 nitrogen and oxygen atoms in total. The van der Waals surface area contributed by atoms with Crippen molar-refractivity contribution in [3.05, 3.63) is 33.9 Å². The maximum Gasteiger partial charge on any atom is -0.0245 e. The number of benzene rings is 1. The molecule has 0 N–H and O–H groups in total. The van der Waals surface area contributed by atoms with E-state index in [1.807, 2.05) is 0 Å². The molecule has 0 aliphatic rings. The van der Waals surface area contributed by atoms with Gasteiger partial charge in [-0.25, -0.2) is 0 Å². The van der Waals surface area contributed by atoms with Crippen LogP contribution in [0.25, 0.3) is 0 Å². The lowest BCUT2D eigenvalue weighted by atomic mass is 9.84. The fourth-order valence-corrected chi connectivity index (χ4v) is 5.07. The first-order chi connectivity index (χ1) is 14.5. The van der Waals surface area contributed by atoms with Crippen molar-refractivity contribution in [3.8, 4) is 0 Å². The topological polar surface area (TPSA) is 0 Å². The normalized spacial score (nSPS) is 11.6. The Morgan fingerprint density at radius 1 is 0.533 bits per heavy atom. The van der Waals surface area contributed by atoms with E-state index >= 15 is 0 Å². The Bertz CT molecular complexity index is 536. The van der Waals surface area contributed by atoms with Crippen molar-refractivity contribution in [1.29, 1.82) is 0 Å². The molecule has 0 saturated heterocycles. The second kappa shape index (κ2) is 16.9. The first-order valence-corrected chi connectivity index (χ1v) is 13.6. The Kier molecular flexibility index (Phi) is 15.3. The Labute approximate surface area is 190 Å². The van der Waals surface area contributed by atoms with Gasteiger partial charge in [0.15, 0.2) is 0 Å². The molecule has 0 amide bonds. The summed E-state index contributed by atoms with van der Waals surface area (Å²) in [5.41, 5.74) is 7.73. The predicted molar refractivity (Wildman–Crippen MR) is 138 cm³/mol. The van der Waals surface area contributed by atoms with Gasteiger partial charge in [-0.05, 0) is 67.9 Å². The quantitative estimate of drug-likeness (QED) is 0.209. The third kappa shape index (κ3) is 11.0. The molecule has 0 heteroatoms. The summed E-state index contributed by atoms with van der Waals surface area (Å²) in [4.78, 5) is 0. The van der Waals surface area contributed by atoms with Crippen LogP contribution in [0, 0.1) is 33.6 Å². The minimum absolute atomic E-state index is 0.885. The van der Waals surface area contributed by atoms with E-state index in [1.54, 1.807) is 11.1 Å². The molecule has 0 radical (unpaired) electrons. The molecule has 1 rings (SSSR count). The van der Waals surface area contributed by atoms with Crippen molar-refractivity contribution in [1.82, 2.24) is 0 Å². The van der Waals surface area contributed by atoms with Gasteiger partial charge in [0.25, 0.3) is 0 Å². The van der Waals surface area contributed by atoms with Gasteiger partial charge in [-0.2, -0.15) is 0 Å². The van der Waals surface area contributed by atoms with Crippen LogP contribution in [0.2, 0.25) is 0 Å². The molecule has 1 aromatic carbocycles. The second-order valence-corrected chi connectivity index (χ2v) is 10.1. The lowest BCUT2D eigenvalue weighted by Crippen LogP contribution is -2.09. The average Bonchev–Trinajstić information content (AvgIpc) is 2.73. The number of rotatable bonds is 18. The van der Waals surface area contributed by atoms with Gasteiger partial charge in [0.1, 0.15) is 0 Å². The lowest BCUT2D eigenvalue weighted by Gasteiger charge is -2.22. The molecular formula is C30H54. The van der Waals surface area contributed by atoms with Crippen LogP contribution in [-0.4, -0.2) is 0 Å². The molecule has 0 atom stereocenters. The molecule has 0 unspecified atom stereocenters. The summed E-state index contributed by atoms with van der Waals surface area (Å²) in [6.45, 7) is 13.9. The summed E-state index contributed by atoms with van der Waals surface area (Å²) < 4.78 is 0. The third-order valence-electron chi connectivity index (χ3n) is 7.44. The third-order valence-corrected chi connectivity index (χ3v) is 7.44. The number of aryl methyl sites for hydroxylation is 2. The van der Waals surface area contributed by atoms with E-state index in [-0.39, 0.29) is 0 Å². The van der Waals surface area contributed by atoms with Crippen molar-refractivity contribution in [2.24, 2.45) is 5.92 Å². The Hall–Kier alpha value is -0.780. The van der Waals surface area contributed by atoms with E-state index in [9.17, 15) is 0 Å². The highest BCUT2D eigenvalue weighted by Gasteiger charge is 2.15. The van der Waals surface area contributed by atoms with Crippen molar-refractivity contribution in [2.75, 3.05) is 0 Å². The molecule has 30 heavy (non-hydrogen) atoms. The van der Waals surface area contributed by atoms with Crippen molar-refractivity contribution in [2.45, 2.75) is 151 Å². The summed E-state index contributed by atoms with van der Waals surface area (Å²) >= 11 is 0. The van der Waals surface area contributed by atoms with Gasteiger partial charge in [0, 0.05) is 0 Å². The van der Waals surface area contributed by atoms with E-state index in [0.717, 1.165) is 5.92 Å². The highest BCUT2D eigenvalue weighted by atomic mass is 14.2. The van der Waals surface area contributed by atoms with Gasteiger partial charge in [-0.3, -0.25) is 0 Å². The van der Waals surface area contributed by atoms with E-state index in [0.29, 0.717) is 0 Å². The van der Waals surface area contributed by atoms with Gasteiger partial charge in [-0.15, -0.1) is 0 Å². The predicted octanol–water partition coefficient (Wildman–Crippen LogP) is 10.4. The lowest BCUT2D eigenvalue weighted by molar-refractivity contribution is 0.399. The summed E-state index contributed by atoms with van der Waals surface area (Å²) in [6.07, 6.45) is 24.2. The molecule has 0 fully saturated rings. The maximum atomic E-state index is 2.43. The zero-order valence-electron chi connectivity index (χ0n) is 21.7. The zero-order chi connectivity index (χ0) is 22.2. The zero-order valence-corrected chi connectivity index (χ0v) is 21.7. The first kappa shape index (κ1) is 27.3. The van der Waals surface area contributed by atoms with Crippen molar-refractivity contribution < 1.29 is 0 Å². The summed E-state index contributed by atoms with van der Waals surface area (Å²) in [5, 5.41) is 0. The van der Waals surface area contributed by atoms with Crippen LogP contribution in [0.15, 0.2) is 6.07 Å². The van der Waals surface area contributed by atoms with E-state index < -0.39 is 0 Å². The van der Waals surface area contributed by atoms with Crippen molar-refractivity contribution in [3.63, 3.8) is 0 Å². The minimum Gasteiger partial charge on any atom is -0.0654 e.